The van der Waals surface area contributed by atoms with Gasteiger partial charge >= 0.3 is 0 Å². The summed E-state index contributed by atoms with van der Waals surface area (Å²) in [4.78, 5) is 25.0. The molecule has 4 nitrogen and oxygen atoms in total. The summed E-state index contributed by atoms with van der Waals surface area (Å²) in [7, 11) is 0. The van der Waals surface area contributed by atoms with Crippen LogP contribution in [0.5, 0.6) is 0 Å². The highest BCUT2D eigenvalue weighted by Gasteiger charge is 2.48. The maximum atomic E-state index is 12.6. The monoisotopic (exact) mass is 370 g/mol. The summed E-state index contributed by atoms with van der Waals surface area (Å²) in [6.45, 7) is 6.18. The fourth-order valence-corrected chi connectivity index (χ4v) is 3.30. The van der Waals surface area contributed by atoms with Crippen LogP contribution in [-0.4, -0.2) is 11.8 Å². The minimum Gasteiger partial charge on any atom is -0.325 e. The molecule has 1 saturated carbocycles. The fourth-order valence-electron chi connectivity index (χ4n) is 3.12. The molecule has 2 atom stereocenters. The molecule has 136 valence electrons. The molecule has 2 unspecified atom stereocenters. The first kappa shape index (κ1) is 18.5. The molecule has 0 spiro atoms. The summed E-state index contributed by atoms with van der Waals surface area (Å²) >= 11 is 6.07. The van der Waals surface area contributed by atoms with Gasteiger partial charge in [0, 0.05) is 5.69 Å². The van der Waals surface area contributed by atoms with Gasteiger partial charge < -0.3 is 10.6 Å². The van der Waals surface area contributed by atoms with Crippen LogP contribution in [0.15, 0.2) is 42.5 Å². The number of aryl methyl sites for hydroxylation is 1. The minimum absolute atomic E-state index is 0.0968. The van der Waals surface area contributed by atoms with E-state index in [1.807, 2.05) is 31.2 Å². The number of amides is 2. The highest BCUT2D eigenvalue weighted by atomic mass is 35.5. The minimum atomic E-state index is -0.308. The van der Waals surface area contributed by atoms with Gasteiger partial charge in [-0.2, -0.15) is 0 Å². The summed E-state index contributed by atoms with van der Waals surface area (Å²) in [5.74, 6) is -0.550. The van der Waals surface area contributed by atoms with Gasteiger partial charge in [-0.15, -0.1) is 0 Å². The first-order valence-corrected chi connectivity index (χ1v) is 9.22. The molecular weight excluding hydrogens is 348 g/mol. The second kappa shape index (κ2) is 7.50. The Hall–Kier alpha value is -2.33. The molecule has 5 heteroatoms. The zero-order valence-electron chi connectivity index (χ0n) is 15.2. The molecule has 0 aromatic heterocycles. The van der Waals surface area contributed by atoms with Gasteiger partial charge in [-0.3, -0.25) is 9.59 Å². The summed E-state index contributed by atoms with van der Waals surface area (Å²) in [6.07, 6.45) is 0.561. The third-order valence-electron chi connectivity index (χ3n) is 4.77. The van der Waals surface area contributed by atoms with Gasteiger partial charge in [0.2, 0.25) is 11.8 Å². The molecule has 2 N–H and O–H groups in total. The van der Waals surface area contributed by atoms with E-state index in [4.69, 9.17) is 11.6 Å². The molecule has 2 amide bonds. The van der Waals surface area contributed by atoms with E-state index in [0.29, 0.717) is 23.0 Å². The lowest BCUT2D eigenvalue weighted by atomic mass is 9.98. The highest BCUT2D eigenvalue weighted by molar-refractivity contribution is 6.33. The van der Waals surface area contributed by atoms with Gasteiger partial charge in [0.25, 0.3) is 0 Å². The summed E-state index contributed by atoms with van der Waals surface area (Å²) in [5.41, 5.74) is 3.58. The summed E-state index contributed by atoms with van der Waals surface area (Å²) < 4.78 is 0. The maximum Gasteiger partial charge on any atom is 0.228 e. The Balaban J connectivity index is 1.65. The van der Waals surface area contributed by atoms with Crippen LogP contribution in [0, 0.1) is 18.8 Å². The number of hydrogen-bond acceptors (Lipinski definition) is 2. The number of carbonyl (C=O) groups is 2. The van der Waals surface area contributed by atoms with Crippen LogP contribution in [0.25, 0.3) is 0 Å². The molecule has 1 aliphatic carbocycles. The molecule has 0 bridgehead atoms. The van der Waals surface area contributed by atoms with Crippen molar-refractivity contribution in [3.05, 3.63) is 58.6 Å². The summed E-state index contributed by atoms with van der Waals surface area (Å²) in [5, 5.41) is 6.34. The number of anilines is 2. The molecule has 1 aliphatic rings. The number of carbonyl (C=O) groups excluding carboxylic acids is 2. The van der Waals surface area contributed by atoms with Crippen molar-refractivity contribution in [2.45, 2.75) is 33.1 Å². The number of halogens is 1. The van der Waals surface area contributed by atoms with Crippen molar-refractivity contribution in [1.29, 1.82) is 0 Å². The number of benzene rings is 2. The van der Waals surface area contributed by atoms with Crippen molar-refractivity contribution in [2.24, 2.45) is 11.8 Å². The highest BCUT2D eigenvalue weighted by Crippen LogP contribution is 2.41. The predicted octanol–water partition coefficient (Wildman–Crippen LogP) is 4.99. The molecule has 2 aromatic rings. The maximum absolute atomic E-state index is 12.6. The lowest BCUT2D eigenvalue weighted by molar-refractivity contribution is -0.122. The lowest BCUT2D eigenvalue weighted by Gasteiger charge is -2.16. The number of hydrogen-bond donors (Lipinski definition) is 2. The quantitative estimate of drug-likeness (QED) is 0.779. The standard InChI is InChI=1S/C21H23ClN2O2/c1-12(2)14-8-6-7-13(3)19(14)24-21(26)16-11-15(16)20(25)23-18-10-5-4-9-17(18)22/h4-10,12,15-16H,11H2,1-3H3,(H,23,25)(H,24,26). The largest absolute Gasteiger partial charge is 0.325 e. The average molecular weight is 371 g/mol. The van der Waals surface area contributed by atoms with Crippen LogP contribution in [-0.2, 0) is 9.59 Å². The number of para-hydroxylation sites is 2. The van der Waals surface area contributed by atoms with Crippen molar-refractivity contribution < 1.29 is 9.59 Å². The van der Waals surface area contributed by atoms with E-state index in [0.717, 1.165) is 16.8 Å². The molecule has 3 rings (SSSR count). The fraction of sp³-hybridized carbons (Fsp3) is 0.333. The molecule has 0 saturated heterocycles. The third kappa shape index (κ3) is 3.91. The molecule has 0 heterocycles. The molecular formula is C21H23ClN2O2. The van der Waals surface area contributed by atoms with Crippen molar-refractivity contribution in [1.82, 2.24) is 0 Å². The second-order valence-corrected chi connectivity index (χ2v) is 7.51. The van der Waals surface area contributed by atoms with Crippen molar-refractivity contribution >= 4 is 34.8 Å². The van der Waals surface area contributed by atoms with Crippen molar-refractivity contribution in [2.75, 3.05) is 10.6 Å². The predicted molar refractivity (Wildman–Crippen MR) is 106 cm³/mol. The van der Waals surface area contributed by atoms with Gasteiger partial charge in [-0.05, 0) is 42.5 Å². The molecule has 2 aromatic carbocycles. The van der Waals surface area contributed by atoms with Gasteiger partial charge in [0.05, 0.1) is 22.5 Å². The molecule has 0 aliphatic heterocycles. The SMILES string of the molecule is Cc1cccc(C(C)C)c1NC(=O)C1CC1C(=O)Nc1ccccc1Cl. The van der Waals surface area contributed by atoms with Crippen LogP contribution in [0.4, 0.5) is 11.4 Å². The van der Waals surface area contributed by atoms with E-state index >= 15 is 0 Å². The molecule has 26 heavy (non-hydrogen) atoms. The van der Waals surface area contributed by atoms with Crippen LogP contribution in [0.2, 0.25) is 5.02 Å². The number of rotatable bonds is 5. The van der Waals surface area contributed by atoms with Gasteiger partial charge in [-0.1, -0.05) is 55.8 Å². The van der Waals surface area contributed by atoms with Gasteiger partial charge in [0.1, 0.15) is 0 Å². The van der Waals surface area contributed by atoms with E-state index in [2.05, 4.69) is 24.5 Å². The van der Waals surface area contributed by atoms with Crippen molar-refractivity contribution in [3.63, 3.8) is 0 Å². The Morgan fingerprint density at radius 3 is 2.31 bits per heavy atom. The zero-order chi connectivity index (χ0) is 18.8. The average Bonchev–Trinajstić information content (AvgIpc) is 3.39. The van der Waals surface area contributed by atoms with E-state index < -0.39 is 0 Å². The lowest BCUT2D eigenvalue weighted by Crippen LogP contribution is -2.21. The topological polar surface area (TPSA) is 58.2 Å². The van der Waals surface area contributed by atoms with Crippen LogP contribution >= 0.6 is 11.6 Å². The first-order chi connectivity index (χ1) is 12.4. The van der Waals surface area contributed by atoms with E-state index in [9.17, 15) is 9.59 Å². The Kier molecular flexibility index (Phi) is 5.33. The molecule has 1 fully saturated rings. The Labute approximate surface area is 158 Å². The Morgan fingerprint density at radius 1 is 1.00 bits per heavy atom. The van der Waals surface area contributed by atoms with Crippen LogP contribution in [0.1, 0.15) is 37.3 Å². The first-order valence-electron chi connectivity index (χ1n) is 8.84. The Morgan fingerprint density at radius 2 is 1.65 bits per heavy atom. The second-order valence-electron chi connectivity index (χ2n) is 7.10. The zero-order valence-corrected chi connectivity index (χ0v) is 15.9. The normalized spacial score (nSPS) is 18.5. The Bertz CT molecular complexity index is 848. The van der Waals surface area contributed by atoms with E-state index in [1.54, 1.807) is 18.2 Å². The van der Waals surface area contributed by atoms with Crippen molar-refractivity contribution in [3.8, 4) is 0 Å². The van der Waals surface area contributed by atoms with Crippen LogP contribution in [0.3, 0.4) is 0 Å². The van der Waals surface area contributed by atoms with E-state index in [-0.39, 0.29) is 23.7 Å². The van der Waals surface area contributed by atoms with Crippen LogP contribution < -0.4 is 10.6 Å². The van der Waals surface area contributed by atoms with Gasteiger partial charge in [-0.25, -0.2) is 0 Å². The van der Waals surface area contributed by atoms with Gasteiger partial charge in [0.15, 0.2) is 0 Å². The molecule has 0 radical (unpaired) electrons. The van der Waals surface area contributed by atoms with E-state index in [1.165, 1.54) is 0 Å². The smallest absolute Gasteiger partial charge is 0.228 e. The summed E-state index contributed by atoms with van der Waals surface area (Å²) in [6, 6.07) is 13.1. The number of nitrogens with one attached hydrogen (secondary N) is 2. The third-order valence-corrected chi connectivity index (χ3v) is 5.10.